The number of nitrogens with zero attached hydrogens (tertiary/aromatic N) is 3. The topological polar surface area (TPSA) is 54.5 Å². The summed E-state index contributed by atoms with van der Waals surface area (Å²) in [6.45, 7) is -0.195. The summed E-state index contributed by atoms with van der Waals surface area (Å²) in [6, 6.07) is 42.3. The molecule has 0 saturated carbocycles. The summed E-state index contributed by atoms with van der Waals surface area (Å²) in [5.41, 5.74) is 5.30. The monoisotopic (exact) mass is 400 g/mol. The maximum absolute atomic E-state index is 4.49. The number of H-pyrrole nitrogens is 1. The van der Waals surface area contributed by atoms with Crippen LogP contribution in [0.25, 0.3) is 0 Å². The number of aromatic nitrogens is 4. The van der Waals surface area contributed by atoms with Crippen LogP contribution in [0.5, 0.6) is 0 Å². The standard InChI is InChI=1S/C26H21BN4/c1-5-13-21(14-6-1)26(22-15-7-2-8-16-22,23-17-9-3-10-18-23)27(25-28-30-31-29-25)24-19-11-4-12-20-24/h1-20H,(H,28,29,30,31). The zero-order valence-electron chi connectivity index (χ0n) is 17.0. The van der Waals surface area contributed by atoms with Gasteiger partial charge in [-0.25, -0.2) is 0 Å². The molecule has 0 amide bonds. The molecule has 0 fully saturated rings. The molecule has 0 aliphatic heterocycles. The minimum Gasteiger partial charge on any atom is -0.178 e. The maximum Gasteiger partial charge on any atom is 0.283 e. The first-order chi connectivity index (χ1) is 15.4. The average molecular weight is 400 g/mol. The van der Waals surface area contributed by atoms with E-state index >= 15 is 0 Å². The van der Waals surface area contributed by atoms with Gasteiger partial charge in [0.25, 0.3) is 6.71 Å². The van der Waals surface area contributed by atoms with Gasteiger partial charge in [0.2, 0.25) is 0 Å². The minimum absolute atomic E-state index is 0.195. The lowest BCUT2D eigenvalue weighted by Gasteiger charge is -2.40. The van der Waals surface area contributed by atoms with Gasteiger partial charge in [-0.05, 0) is 16.7 Å². The van der Waals surface area contributed by atoms with E-state index in [9.17, 15) is 0 Å². The highest BCUT2D eigenvalue weighted by Crippen LogP contribution is 2.41. The molecule has 4 nitrogen and oxygen atoms in total. The average Bonchev–Trinajstić information content (AvgIpc) is 3.39. The molecule has 0 bridgehead atoms. The van der Waals surface area contributed by atoms with Crippen molar-refractivity contribution in [1.82, 2.24) is 20.6 Å². The van der Waals surface area contributed by atoms with E-state index in [0.717, 1.165) is 5.46 Å². The van der Waals surface area contributed by atoms with E-state index in [-0.39, 0.29) is 6.71 Å². The van der Waals surface area contributed by atoms with E-state index in [1.807, 2.05) is 6.07 Å². The highest BCUT2D eigenvalue weighted by Gasteiger charge is 2.50. The van der Waals surface area contributed by atoms with Crippen LogP contribution in [0.15, 0.2) is 121 Å². The smallest absolute Gasteiger partial charge is 0.178 e. The molecule has 5 heteroatoms. The van der Waals surface area contributed by atoms with Crippen LogP contribution in [0.2, 0.25) is 0 Å². The van der Waals surface area contributed by atoms with Gasteiger partial charge in [0.05, 0.1) is 0 Å². The number of hydrogen-bond acceptors (Lipinski definition) is 3. The molecule has 1 aromatic heterocycles. The Kier molecular flexibility index (Phi) is 5.15. The summed E-state index contributed by atoms with van der Waals surface area (Å²) in [5.74, 6) is 0. The van der Waals surface area contributed by atoms with Crippen molar-refractivity contribution in [3.63, 3.8) is 0 Å². The second-order valence-corrected chi connectivity index (χ2v) is 7.52. The van der Waals surface area contributed by atoms with Crippen molar-refractivity contribution in [2.45, 2.75) is 5.31 Å². The Labute approximate surface area is 182 Å². The van der Waals surface area contributed by atoms with Gasteiger partial charge >= 0.3 is 0 Å². The molecule has 0 saturated heterocycles. The summed E-state index contributed by atoms with van der Waals surface area (Å²) in [7, 11) is 0. The predicted octanol–water partition coefficient (Wildman–Crippen LogP) is 3.38. The van der Waals surface area contributed by atoms with Crippen LogP contribution in [-0.2, 0) is 5.31 Å². The molecular weight excluding hydrogens is 379 g/mol. The third-order valence-electron chi connectivity index (χ3n) is 5.87. The van der Waals surface area contributed by atoms with E-state index in [1.54, 1.807) is 0 Å². The molecule has 148 valence electrons. The minimum atomic E-state index is -0.561. The fraction of sp³-hybridized carbons (Fsp3) is 0.0385. The first kappa shape index (κ1) is 19.0. The van der Waals surface area contributed by atoms with E-state index in [1.165, 1.54) is 16.7 Å². The molecule has 0 atom stereocenters. The lowest BCUT2D eigenvalue weighted by Crippen LogP contribution is -2.61. The lowest BCUT2D eigenvalue weighted by atomic mass is 9.25. The van der Waals surface area contributed by atoms with Gasteiger partial charge in [0.15, 0.2) is 0 Å². The first-order valence-electron chi connectivity index (χ1n) is 10.4. The number of benzene rings is 4. The Bertz CT molecular complexity index is 1120. The lowest BCUT2D eigenvalue weighted by molar-refractivity contribution is 0.854. The molecular formula is C26H21BN4. The van der Waals surface area contributed by atoms with Crippen molar-refractivity contribution >= 4 is 17.9 Å². The fourth-order valence-corrected chi connectivity index (χ4v) is 4.63. The van der Waals surface area contributed by atoms with Gasteiger partial charge in [0.1, 0.15) is 5.72 Å². The normalized spacial score (nSPS) is 11.2. The highest BCUT2D eigenvalue weighted by atomic mass is 15.5. The van der Waals surface area contributed by atoms with Crippen LogP contribution in [0.3, 0.4) is 0 Å². The summed E-state index contributed by atoms with van der Waals surface area (Å²) in [6.07, 6.45) is 0. The van der Waals surface area contributed by atoms with Crippen molar-refractivity contribution in [2.75, 3.05) is 0 Å². The molecule has 5 aromatic rings. The largest absolute Gasteiger partial charge is 0.283 e. The molecule has 0 unspecified atom stereocenters. The molecule has 1 heterocycles. The summed E-state index contributed by atoms with van der Waals surface area (Å²) >= 11 is 0. The zero-order chi connectivity index (χ0) is 20.9. The van der Waals surface area contributed by atoms with Gasteiger partial charge in [-0.1, -0.05) is 132 Å². The number of tetrazole rings is 1. The van der Waals surface area contributed by atoms with Crippen molar-refractivity contribution in [3.8, 4) is 0 Å². The number of aromatic amines is 1. The zero-order valence-corrected chi connectivity index (χ0v) is 17.0. The fourth-order valence-electron chi connectivity index (χ4n) is 4.63. The molecule has 1 N–H and O–H groups in total. The van der Waals surface area contributed by atoms with Crippen LogP contribution >= 0.6 is 0 Å². The van der Waals surface area contributed by atoms with Crippen molar-refractivity contribution in [1.29, 1.82) is 0 Å². The Morgan fingerprint density at radius 3 is 1.35 bits per heavy atom. The van der Waals surface area contributed by atoms with Gasteiger partial charge in [-0.3, -0.25) is 0 Å². The van der Waals surface area contributed by atoms with E-state index < -0.39 is 5.31 Å². The number of hydrogen-bond donors (Lipinski definition) is 1. The number of nitrogens with one attached hydrogen (secondary N) is 1. The van der Waals surface area contributed by atoms with Crippen LogP contribution in [0, 0.1) is 0 Å². The quantitative estimate of drug-likeness (QED) is 0.351. The summed E-state index contributed by atoms with van der Waals surface area (Å²) < 4.78 is 0. The first-order valence-corrected chi connectivity index (χ1v) is 10.4. The molecule has 5 rings (SSSR count). The molecule has 0 aliphatic rings. The molecule has 0 aliphatic carbocycles. The van der Waals surface area contributed by atoms with E-state index in [0.29, 0.717) is 5.72 Å². The Balaban J connectivity index is 1.93. The Morgan fingerprint density at radius 1 is 0.548 bits per heavy atom. The van der Waals surface area contributed by atoms with Crippen LogP contribution in [0.1, 0.15) is 16.7 Å². The Morgan fingerprint density at radius 2 is 0.968 bits per heavy atom. The summed E-state index contributed by atoms with van der Waals surface area (Å²) in [5, 5.41) is 15.0. The second-order valence-electron chi connectivity index (χ2n) is 7.52. The van der Waals surface area contributed by atoms with Crippen molar-refractivity contribution in [3.05, 3.63) is 138 Å². The second kappa shape index (κ2) is 8.40. The van der Waals surface area contributed by atoms with Gasteiger partial charge in [-0.15, -0.1) is 10.2 Å². The van der Waals surface area contributed by atoms with Gasteiger partial charge in [-0.2, -0.15) is 5.21 Å². The third kappa shape index (κ3) is 3.34. The van der Waals surface area contributed by atoms with Crippen LogP contribution in [0.4, 0.5) is 0 Å². The maximum atomic E-state index is 4.49. The van der Waals surface area contributed by atoms with Crippen molar-refractivity contribution in [2.24, 2.45) is 0 Å². The van der Waals surface area contributed by atoms with E-state index in [4.69, 9.17) is 0 Å². The molecule has 0 radical (unpaired) electrons. The highest BCUT2D eigenvalue weighted by molar-refractivity contribution is 6.87. The molecule has 0 spiro atoms. The van der Waals surface area contributed by atoms with Crippen molar-refractivity contribution < 1.29 is 0 Å². The third-order valence-corrected chi connectivity index (χ3v) is 5.87. The molecule has 31 heavy (non-hydrogen) atoms. The van der Waals surface area contributed by atoms with Crippen LogP contribution < -0.4 is 11.2 Å². The van der Waals surface area contributed by atoms with Crippen LogP contribution in [-0.4, -0.2) is 27.3 Å². The predicted molar refractivity (Wildman–Crippen MR) is 125 cm³/mol. The van der Waals surface area contributed by atoms with E-state index in [2.05, 4.69) is 136 Å². The summed E-state index contributed by atoms with van der Waals surface area (Å²) in [4.78, 5) is 0. The SMILES string of the molecule is c1ccc(B(c2nn[nH]n2)C(c2ccccc2)(c2ccccc2)c2ccccc2)cc1. The molecule has 4 aromatic carbocycles. The Hall–Kier alpha value is -3.99. The van der Waals surface area contributed by atoms with Gasteiger partial charge in [0, 0.05) is 5.31 Å². The number of rotatable bonds is 6. The van der Waals surface area contributed by atoms with Gasteiger partial charge < -0.3 is 0 Å².